The van der Waals surface area contributed by atoms with Crippen LogP contribution in [0.3, 0.4) is 0 Å². The van der Waals surface area contributed by atoms with E-state index in [0.29, 0.717) is 11.3 Å². The van der Waals surface area contributed by atoms with E-state index in [1.54, 1.807) is 30.8 Å². The van der Waals surface area contributed by atoms with Crippen molar-refractivity contribution in [3.8, 4) is 0 Å². The van der Waals surface area contributed by atoms with Gasteiger partial charge < -0.3 is 0 Å². The molecule has 5 heteroatoms. The van der Waals surface area contributed by atoms with E-state index in [9.17, 15) is 9.18 Å². The van der Waals surface area contributed by atoms with Crippen molar-refractivity contribution >= 4 is 18.0 Å². The molecule has 0 saturated heterocycles. The quantitative estimate of drug-likeness (QED) is 0.786. The molecule has 0 atom stereocenters. The van der Waals surface area contributed by atoms with Crippen LogP contribution in [-0.2, 0) is 7.05 Å². The van der Waals surface area contributed by atoms with E-state index in [0.717, 1.165) is 16.2 Å². The Bertz CT molecular complexity index is 548. The monoisotopic (exact) mass is 250 g/mol. The molecular weight excluding hydrogens is 239 g/mol. The maximum atomic E-state index is 12.8. The largest absolute Gasteiger partial charge is 0.298 e. The highest BCUT2D eigenvalue weighted by atomic mass is 32.2. The lowest BCUT2D eigenvalue weighted by molar-refractivity contribution is 0.112. The molecule has 0 saturated carbocycles. The standard InChI is InChI=1S/C12H11FN2OS/c1-8-11(7-16)12(15(2)14-8)17-10-5-3-9(13)4-6-10/h3-7H,1-2H3. The van der Waals surface area contributed by atoms with E-state index in [2.05, 4.69) is 5.10 Å². The molecule has 1 aromatic heterocycles. The van der Waals surface area contributed by atoms with Gasteiger partial charge >= 0.3 is 0 Å². The van der Waals surface area contributed by atoms with Crippen LogP contribution in [0.1, 0.15) is 16.1 Å². The summed E-state index contributed by atoms with van der Waals surface area (Å²) in [6, 6.07) is 6.14. The third-order valence-corrected chi connectivity index (χ3v) is 3.55. The number of benzene rings is 1. The highest BCUT2D eigenvalue weighted by Gasteiger charge is 2.13. The van der Waals surface area contributed by atoms with E-state index in [1.165, 1.54) is 23.9 Å². The Balaban J connectivity index is 2.35. The number of hydrogen-bond acceptors (Lipinski definition) is 3. The highest BCUT2D eigenvalue weighted by Crippen LogP contribution is 2.30. The van der Waals surface area contributed by atoms with Crippen molar-refractivity contribution in [2.45, 2.75) is 16.8 Å². The lowest BCUT2D eigenvalue weighted by atomic mass is 10.3. The maximum absolute atomic E-state index is 12.8. The van der Waals surface area contributed by atoms with Crippen LogP contribution < -0.4 is 0 Å². The van der Waals surface area contributed by atoms with Crippen molar-refractivity contribution in [3.05, 3.63) is 41.3 Å². The first kappa shape index (κ1) is 11.9. The summed E-state index contributed by atoms with van der Waals surface area (Å²) in [7, 11) is 1.78. The van der Waals surface area contributed by atoms with Gasteiger partial charge in [-0.15, -0.1) is 0 Å². The molecule has 0 radical (unpaired) electrons. The molecule has 88 valence electrons. The summed E-state index contributed by atoms with van der Waals surface area (Å²) in [5, 5.41) is 4.95. The minimum Gasteiger partial charge on any atom is -0.298 e. The van der Waals surface area contributed by atoms with E-state index in [-0.39, 0.29) is 5.82 Å². The number of rotatable bonds is 3. The van der Waals surface area contributed by atoms with E-state index in [4.69, 9.17) is 0 Å². The zero-order valence-electron chi connectivity index (χ0n) is 9.48. The van der Waals surface area contributed by atoms with Crippen LogP contribution in [0.4, 0.5) is 4.39 Å². The van der Waals surface area contributed by atoms with Crippen LogP contribution >= 0.6 is 11.8 Å². The van der Waals surface area contributed by atoms with Crippen LogP contribution in [0.25, 0.3) is 0 Å². The number of aromatic nitrogens is 2. The Labute approximate surface area is 103 Å². The molecule has 0 spiro atoms. The first-order valence-electron chi connectivity index (χ1n) is 5.04. The summed E-state index contributed by atoms with van der Waals surface area (Å²) < 4.78 is 14.4. The molecule has 3 nitrogen and oxygen atoms in total. The summed E-state index contributed by atoms with van der Waals surface area (Å²) >= 11 is 1.40. The van der Waals surface area contributed by atoms with Gasteiger partial charge in [-0.25, -0.2) is 4.39 Å². The molecule has 0 aliphatic carbocycles. The van der Waals surface area contributed by atoms with Crippen molar-refractivity contribution in [3.63, 3.8) is 0 Å². The van der Waals surface area contributed by atoms with Gasteiger partial charge in [-0.05, 0) is 31.2 Å². The van der Waals surface area contributed by atoms with E-state index < -0.39 is 0 Å². The second-order valence-electron chi connectivity index (χ2n) is 3.60. The van der Waals surface area contributed by atoms with Gasteiger partial charge in [-0.3, -0.25) is 9.48 Å². The average Bonchev–Trinajstić information content (AvgIpc) is 2.57. The third kappa shape index (κ3) is 2.39. The first-order chi connectivity index (χ1) is 8.11. The van der Waals surface area contributed by atoms with Crippen molar-refractivity contribution in [1.82, 2.24) is 9.78 Å². The molecule has 0 N–H and O–H groups in total. The first-order valence-corrected chi connectivity index (χ1v) is 5.85. The van der Waals surface area contributed by atoms with Crippen molar-refractivity contribution in [2.75, 3.05) is 0 Å². The molecule has 0 fully saturated rings. The number of hydrogen-bond donors (Lipinski definition) is 0. The lowest BCUT2D eigenvalue weighted by Gasteiger charge is -2.02. The van der Waals surface area contributed by atoms with Gasteiger partial charge in [0.2, 0.25) is 0 Å². The summed E-state index contributed by atoms with van der Waals surface area (Å²) in [4.78, 5) is 11.9. The molecule has 0 amide bonds. The van der Waals surface area contributed by atoms with Crippen LogP contribution in [-0.4, -0.2) is 16.1 Å². The average molecular weight is 250 g/mol. The topological polar surface area (TPSA) is 34.9 Å². The minimum absolute atomic E-state index is 0.272. The van der Waals surface area contributed by atoms with Crippen LogP contribution in [0.15, 0.2) is 34.2 Å². The molecule has 2 rings (SSSR count). The Kier molecular flexibility index (Phi) is 3.28. The third-order valence-electron chi connectivity index (χ3n) is 2.36. The summed E-state index contributed by atoms with van der Waals surface area (Å²) in [5.41, 5.74) is 1.29. The zero-order chi connectivity index (χ0) is 12.4. The van der Waals surface area contributed by atoms with Crippen molar-refractivity contribution in [2.24, 2.45) is 7.05 Å². The number of carbonyl (C=O) groups is 1. The molecule has 0 aliphatic heterocycles. The zero-order valence-corrected chi connectivity index (χ0v) is 10.3. The van der Waals surface area contributed by atoms with E-state index in [1.807, 2.05) is 0 Å². The molecular formula is C12H11FN2OS. The van der Waals surface area contributed by atoms with Gasteiger partial charge in [0.1, 0.15) is 10.8 Å². The predicted molar refractivity (Wildman–Crippen MR) is 63.9 cm³/mol. The molecule has 2 aromatic rings. The van der Waals surface area contributed by atoms with Crippen LogP contribution in [0.2, 0.25) is 0 Å². The van der Waals surface area contributed by atoms with Crippen molar-refractivity contribution < 1.29 is 9.18 Å². The van der Waals surface area contributed by atoms with Gasteiger partial charge in [-0.2, -0.15) is 5.10 Å². The van der Waals surface area contributed by atoms with Gasteiger partial charge in [0.15, 0.2) is 6.29 Å². The maximum Gasteiger partial charge on any atom is 0.154 e. The number of aryl methyl sites for hydroxylation is 2. The Morgan fingerprint density at radius 3 is 2.59 bits per heavy atom. The van der Waals surface area contributed by atoms with Gasteiger partial charge in [0, 0.05) is 11.9 Å². The van der Waals surface area contributed by atoms with Gasteiger partial charge in [0.05, 0.1) is 11.3 Å². The summed E-state index contributed by atoms with van der Waals surface area (Å²) in [6.45, 7) is 1.79. The van der Waals surface area contributed by atoms with E-state index >= 15 is 0 Å². The second-order valence-corrected chi connectivity index (χ2v) is 4.66. The lowest BCUT2D eigenvalue weighted by Crippen LogP contribution is -1.93. The molecule has 0 unspecified atom stereocenters. The highest BCUT2D eigenvalue weighted by molar-refractivity contribution is 7.99. The fourth-order valence-corrected chi connectivity index (χ4v) is 2.50. The van der Waals surface area contributed by atoms with Crippen LogP contribution in [0.5, 0.6) is 0 Å². The van der Waals surface area contributed by atoms with Gasteiger partial charge in [0.25, 0.3) is 0 Å². The summed E-state index contributed by atoms with van der Waals surface area (Å²) in [6.07, 6.45) is 0.800. The van der Waals surface area contributed by atoms with Crippen molar-refractivity contribution in [1.29, 1.82) is 0 Å². The SMILES string of the molecule is Cc1nn(C)c(Sc2ccc(F)cc2)c1C=O. The number of carbonyl (C=O) groups excluding carboxylic acids is 1. The number of aldehydes is 1. The number of nitrogens with zero attached hydrogens (tertiary/aromatic N) is 2. The second kappa shape index (κ2) is 4.71. The molecule has 0 bridgehead atoms. The van der Waals surface area contributed by atoms with Gasteiger partial charge in [-0.1, -0.05) is 11.8 Å². The molecule has 1 aromatic carbocycles. The van der Waals surface area contributed by atoms with Crippen LogP contribution in [0, 0.1) is 12.7 Å². The molecule has 17 heavy (non-hydrogen) atoms. The normalized spacial score (nSPS) is 10.5. The Hall–Kier alpha value is -1.62. The molecule has 1 heterocycles. The predicted octanol–water partition coefficient (Wildman–Crippen LogP) is 2.83. The fourth-order valence-electron chi connectivity index (χ4n) is 1.52. The number of halogens is 1. The summed E-state index contributed by atoms with van der Waals surface area (Å²) in [5.74, 6) is -0.272. The smallest absolute Gasteiger partial charge is 0.154 e. The fraction of sp³-hybridized carbons (Fsp3) is 0.167. The Morgan fingerprint density at radius 1 is 1.35 bits per heavy atom. The molecule has 0 aliphatic rings. The minimum atomic E-state index is -0.272. The Morgan fingerprint density at radius 2 is 2.00 bits per heavy atom.